The molecule has 1 saturated heterocycles. The molecule has 0 saturated carbocycles. The van der Waals surface area contributed by atoms with Crippen molar-refractivity contribution in [1.82, 2.24) is 9.80 Å². The summed E-state index contributed by atoms with van der Waals surface area (Å²) in [6.07, 6.45) is 0. The molecule has 5 nitrogen and oxygen atoms in total. The molecule has 2 atom stereocenters. The van der Waals surface area contributed by atoms with Gasteiger partial charge in [-0.1, -0.05) is 42.0 Å². The monoisotopic (exact) mass is 490 g/mol. The maximum atomic E-state index is 13.4. The quantitative estimate of drug-likeness (QED) is 0.402. The average molecular weight is 491 g/mol. The van der Waals surface area contributed by atoms with E-state index in [1.54, 1.807) is 33.3 Å². The van der Waals surface area contributed by atoms with E-state index in [9.17, 15) is 9.18 Å². The molecule has 0 spiro atoms. The molecule has 6 heteroatoms. The molecule has 1 fully saturated rings. The Balaban J connectivity index is 1.56. The lowest BCUT2D eigenvalue weighted by atomic mass is 9.88. The lowest BCUT2D eigenvalue weighted by Gasteiger charge is -2.28. The van der Waals surface area contributed by atoms with Gasteiger partial charge in [0.2, 0.25) is 5.91 Å². The highest BCUT2D eigenvalue weighted by Gasteiger charge is 2.35. The number of methoxy groups -OCH3 is 2. The normalized spacial score (nSPS) is 17.7. The Morgan fingerprint density at radius 2 is 1.58 bits per heavy atom. The van der Waals surface area contributed by atoms with Crippen molar-refractivity contribution < 1.29 is 18.7 Å². The van der Waals surface area contributed by atoms with Gasteiger partial charge in [-0.15, -0.1) is 0 Å². The van der Waals surface area contributed by atoms with Crippen molar-refractivity contribution in [2.45, 2.75) is 32.9 Å². The van der Waals surface area contributed by atoms with Crippen LogP contribution < -0.4 is 9.47 Å². The molecule has 3 aromatic carbocycles. The molecule has 1 heterocycles. The molecule has 4 rings (SSSR count). The summed E-state index contributed by atoms with van der Waals surface area (Å²) in [7, 11) is 3.32. The van der Waals surface area contributed by atoms with Gasteiger partial charge >= 0.3 is 0 Å². The Labute approximate surface area is 213 Å². The van der Waals surface area contributed by atoms with E-state index < -0.39 is 0 Å². The summed E-state index contributed by atoms with van der Waals surface area (Å²) >= 11 is 0. The van der Waals surface area contributed by atoms with Crippen LogP contribution in [0.4, 0.5) is 4.39 Å². The van der Waals surface area contributed by atoms with Gasteiger partial charge in [0, 0.05) is 51.6 Å². The van der Waals surface area contributed by atoms with Crippen LogP contribution in [0.15, 0.2) is 66.7 Å². The first-order valence-corrected chi connectivity index (χ1v) is 12.4. The van der Waals surface area contributed by atoms with Crippen molar-refractivity contribution in [3.63, 3.8) is 0 Å². The minimum Gasteiger partial charge on any atom is -0.497 e. The van der Waals surface area contributed by atoms with Gasteiger partial charge in [-0.2, -0.15) is 0 Å². The molecule has 0 N–H and O–H groups in total. The van der Waals surface area contributed by atoms with E-state index in [0.717, 1.165) is 42.3 Å². The standard InChI is InChI=1S/C30H35FN2O3/c1-21-5-9-25(10-6-21)30-20-32(16-24-13-28(35-3)15-29(14-24)36-4)18-26(30)19-33(22(2)34)17-23-7-11-27(31)12-8-23/h5-15,26,30H,16-20H2,1-4H3/t26-,30-/m1/s1. The smallest absolute Gasteiger partial charge is 0.219 e. The lowest BCUT2D eigenvalue weighted by molar-refractivity contribution is -0.130. The Morgan fingerprint density at radius 1 is 0.944 bits per heavy atom. The minimum atomic E-state index is -0.270. The number of halogens is 1. The number of nitrogens with zero attached hydrogens (tertiary/aromatic N) is 2. The third kappa shape index (κ3) is 6.43. The number of amides is 1. The Kier molecular flexibility index (Phi) is 8.26. The van der Waals surface area contributed by atoms with Crippen molar-refractivity contribution in [3.8, 4) is 11.5 Å². The number of carbonyl (C=O) groups excluding carboxylic acids is 1. The second kappa shape index (κ2) is 11.6. The summed E-state index contributed by atoms with van der Waals surface area (Å²) in [5.41, 5.74) is 4.58. The van der Waals surface area contributed by atoms with Gasteiger partial charge in [-0.25, -0.2) is 4.39 Å². The van der Waals surface area contributed by atoms with E-state index in [0.29, 0.717) is 19.0 Å². The summed E-state index contributed by atoms with van der Waals surface area (Å²) in [6.45, 7) is 7.35. The second-order valence-corrected chi connectivity index (χ2v) is 9.72. The van der Waals surface area contributed by atoms with Crippen LogP contribution in [0.5, 0.6) is 11.5 Å². The molecule has 1 aliphatic heterocycles. The first-order chi connectivity index (χ1) is 17.3. The number of hydrogen-bond acceptors (Lipinski definition) is 4. The van der Waals surface area contributed by atoms with Crippen molar-refractivity contribution in [2.75, 3.05) is 33.9 Å². The fourth-order valence-electron chi connectivity index (χ4n) is 5.08. The third-order valence-corrected chi connectivity index (χ3v) is 7.03. The second-order valence-electron chi connectivity index (χ2n) is 9.72. The number of likely N-dealkylation sites (tertiary alicyclic amines) is 1. The number of rotatable bonds is 9. The SMILES string of the molecule is COc1cc(CN2C[C@H](CN(Cc3ccc(F)cc3)C(C)=O)[C@@H](c3ccc(C)cc3)C2)cc(OC)c1. The van der Waals surface area contributed by atoms with Crippen molar-refractivity contribution >= 4 is 5.91 Å². The molecule has 0 aromatic heterocycles. The molecule has 1 aliphatic rings. The van der Waals surface area contributed by atoms with Crippen molar-refractivity contribution in [1.29, 1.82) is 0 Å². The van der Waals surface area contributed by atoms with Gasteiger partial charge in [0.25, 0.3) is 0 Å². The van der Waals surface area contributed by atoms with Crippen LogP contribution in [0.25, 0.3) is 0 Å². The molecule has 190 valence electrons. The Hall–Kier alpha value is -3.38. The molecule has 0 aliphatic carbocycles. The average Bonchev–Trinajstić information content (AvgIpc) is 3.26. The molecule has 3 aromatic rings. The molecule has 1 amide bonds. The van der Waals surface area contributed by atoms with Crippen LogP contribution in [0.1, 0.15) is 35.1 Å². The van der Waals surface area contributed by atoms with Crippen LogP contribution in [-0.2, 0) is 17.9 Å². The van der Waals surface area contributed by atoms with Gasteiger partial charge in [-0.05, 0) is 53.8 Å². The fourth-order valence-corrected chi connectivity index (χ4v) is 5.08. The molecule has 0 unspecified atom stereocenters. The maximum Gasteiger partial charge on any atom is 0.219 e. The fraction of sp³-hybridized carbons (Fsp3) is 0.367. The zero-order valence-electron chi connectivity index (χ0n) is 21.5. The third-order valence-electron chi connectivity index (χ3n) is 7.03. The van der Waals surface area contributed by atoms with Gasteiger partial charge < -0.3 is 14.4 Å². The first kappa shape index (κ1) is 25.7. The topological polar surface area (TPSA) is 42.0 Å². The Bertz CT molecular complexity index is 1140. The van der Waals surface area contributed by atoms with E-state index in [-0.39, 0.29) is 17.6 Å². The van der Waals surface area contributed by atoms with Crippen LogP contribution in [0.3, 0.4) is 0 Å². The molecular formula is C30H35FN2O3. The van der Waals surface area contributed by atoms with Crippen molar-refractivity contribution in [3.05, 3.63) is 94.8 Å². The highest BCUT2D eigenvalue weighted by molar-refractivity contribution is 5.73. The van der Waals surface area contributed by atoms with Crippen molar-refractivity contribution in [2.24, 2.45) is 5.92 Å². The lowest BCUT2D eigenvalue weighted by Crippen LogP contribution is -2.35. The summed E-state index contributed by atoms with van der Waals surface area (Å²) in [5, 5.41) is 0. The van der Waals surface area contributed by atoms with E-state index >= 15 is 0 Å². The van der Waals surface area contributed by atoms with Crippen LogP contribution in [0, 0.1) is 18.7 Å². The van der Waals surface area contributed by atoms with E-state index in [2.05, 4.69) is 36.1 Å². The van der Waals surface area contributed by atoms with E-state index in [4.69, 9.17) is 9.47 Å². The molecule has 0 radical (unpaired) electrons. The summed E-state index contributed by atoms with van der Waals surface area (Å²) in [4.78, 5) is 16.9. The van der Waals surface area contributed by atoms with E-state index in [1.807, 2.05) is 23.1 Å². The zero-order chi connectivity index (χ0) is 25.7. The maximum absolute atomic E-state index is 13.4. The van der Waals surface area contributed by atoms with Gasteiger partial charge in [0.15, 0.2) is 0 Å². The van der Waals surface area contributed by atoms with E-state index in [1.165, 1.54) is 23.3 Å². The number of carbonyl (C=O) groups is 1. The highest BCUT2D eigenvalue weighted by atomic mass is 19.1. The first-order valence-electron chi connectivity index (χ1n) is 12.4. The number of benzene rings is 3. The molecular weight excluding hydrogens is 455 g/mol. The van der Waals surface area contributed by atoms with Crippen LogP contribution in [-0.4, -0.2) is 49.6 Å². The largest absolute Gasteiger partial charge is 0.497 e. The molecule has 0 bridgehead atoms. The number of aryl methyl sites for hydroxylation is 1. The van der Waals surface area contributed by atoms with Gasteiger partial charge in [-0.3, -0.25) is 9.69 Å². The van der Waals surface area contributed by atoms with Gasteiger partial charge in [0.1, 0.15) is 17.3 Å². The Morgan fingerprint density at radius 3 is 2.17 bits per heavy atom. The summed E-state index contributed by atoms with van der Waals surface area (Å²) < 4.78 is 24.3. The summed E-state index contributed by atoms with van der Waals surface area (Å²) in [5.74, 6) is 1.87. The van der Waals surface area contributed by atoms with Crippen LogP contribution >= 0.6 is 0 Å². The highest BCUT2D eigenvalue weighted by Crippen LogP contribution is 2.35. The zero-order valence-corrected chi connectivity index (χ0v) is 21.5. The molecule has 36 heavy (non-hydrogen) atoms. The van der Waals surface area contributed by atoms with Gasteiger partial charge in [0.05, 0.1) is 14.2 Å². The summed E-state index contributed by atoms with van der Waals surface area (Å²) in [6, 6.07) is 21.1. The predicted molar refractivity (Wildman–Crippen MR) is 140 cm³/mol. The van der Waals surface area contributed by atoms with Crippen LogP contribution in [0.2, 0.25) is 0 Å². The predicted octanol–water partition coefficient (Wildman–Crippen LogP) is 5.42. The number of hydrogen-bond donors (Lipinski definition) is 0. The number of ether oxygens (including phenoxy) is 2. The minimum absolute atomic E-state index is 0.0259.